The van der Waals surface area contributed by atoms with E-state index in [1.165, 1.54) is 0 Å². The van der Waals surface area contributed by atoms with Gasteiger partial charge in [-0.05, 0) is 25.5 Å². The van der Waals surface area contributed by atoms with Gasteiger partial charge in [0.15, 0.2) is 5.65 Å². The molecule has 110 valence electrons. The fourth-order valence-electron chi connectivity index (χ4n) is 2.74. The Balaban J connectivity index is 2.23. The highest BCUT2D eigenvalue weighted by molar-refractivity contribution is 6.16. The molecule has 1 atom stereocenters. The number of alkyl halides is 1. The van der Waals surface area contributed by atoms with Crippen LogP contribution in [0, 0.1) is 0 Å². The lowest BCUT2D eigenvalue weighted by atomic mass is 10.2. The monoisotopic (exact) mass is 303 g/mol. The van der Waals surface area contributed by atoms with Crippen molar-refractivity contribution in [1.29, 1.82) is 0 Å². The second kappa shape index (κ2) is 5.48. The van der Waals surface area contributed by atoms with Crippen LogP contribution >= 0.6 is 11.6 Å². The standard InChI is InChI=1S/C15H18ClN5/c1-4-11-14-15(20(3)19-11)21(13(9-16)18-14)10(2)12-7-5-6-8-17-12/h5-8,10H,4,9H2,1-3H3. The third-order valence-corrected chi connectivity index (χ3v) is 4.01. The first-order valence-corrected chi connectivity index (χ1v) is 7.60. The van der Waals surface area contributed by atoms with Crippen molar-refractivity contribution >= 4 is 22.8 Å². The quantitative estimate of drug-likeness (QED) is 0.696. The lowest BCUT2D eigenvalue weighted by Crippen LogP contribution is -2.13. The molecule has 3 aromatic rings. The maximum atomic E-state index is 6.11. The molecule has 0 saturated carbocycles. The van der Waals surface area contributed by atoms with Crippen LogP contribution in [-0.2, 0) is 19.3 Å². The molecule has 3 heterocycles. The molecular weight excluding hydrogens is 286 g/mol. The summed E-state index contributed by atoms with van der Waals surface area (Å²) in [5.41, 5.74) is 3.94. The molecule has 0 radical (unpaired) electrons. The van der Waals surface area contributed by atoms with Gasteiger partial charge in [-0.15, -0.1) is 11.6 Å². The molecule has 6 heteroatoms. The number of aryl methyl sites for hydroxylation is 2. The number of rotatable bonds is 4. The minimum atomic E-state index is 0.0602. The zero-order valence-corrected chi connectivity index (χ0v) is 13.2. The molecule has 0 aliphatic rings. The summed E-state index contributed by atoms with van der Waals surface area (Å²) >= 11 is 6.11. The summed E-state index contributed by atoms with van der Waals surface area (Å²) in [5, 5.41) is 4.55. The first-order valence-electron chi connectivity index (χ1n) is 7.07. The lowest BCUT2D eigenvalue weighted by molar-refractivity contribution is 0.593. The molecule has 0 fully saturated rings. The normalized spacial score (nSPS) is 13.0. The molecule has 0 aliphatic heterocycles. The zero-order valence-electron chi connectivity index (χ0n) is 12.4. The molecule has 5 nitrogen and oxygen atoms in total. The van der Waals surface area contributed by atoms with Crippen LogP contribution in [0.2, 0.25) is 0 Å². The smallest absolute Gasteiger partial charge is 0.159 e. The van der Waals surface area contributed by atoms with Crippen molar-refractivity contribution in [2.24, 2.45) is 7.05 Å². The van der Waals surface area contributed by atoms with Gasteiger partial charge in [-0.2, -0.15) is 5.10 Å². The van der Waals surface area contributed by atoms with Gasteiger partial charge in [-0.3, -0.25) is 9.67 Å². The summed E-state index contributed by atoms with van der Waals surface area (Å²) in [6.45, 7) is 4.20. The molecular formula is C15H18ClN5. The number of hydrogen-bond donors (Lipinski definition) is 0. The molecule has 0 aliphatic carbocycles. The first kappa shape index (κ1) is 14.1. The van der Waals surface area contributed by atoms with E-state index in [4.69, 9.17) is 11.6 Å². The Labute approximate surface area is 128 Å². The van der Waals surface area contributed by atoms with Crippen molar-refractivity contribution in [2.75, 3.05) is 0 Å². The summed E-state index contributed by atoms with van der Waals surface area (Å²) < 4.78 is 4.02. The van der Waals surface area contributed by atoms with Gasteiger partial charge in [0.25, 0.3) is 0 Å². The van der Waals surface area contributed by atoms with Gasteiger partial charge in [0.05, 0.1) is 23.3 Å². The maximum absolute atomic E-state index is 6.11. The molecule has 0 spiro atoms. The van der Waals surface area contributed by atoms with E-state index < -0.39 is 0 Å². The van der Waals surface area contributed by atoms with Crippen molar-refractivity contribution in [3.8, 4) is 0 Å². The fourth-order valence-corrected chi connectivity index (χ4v) is 2.93. The highest BCUT2D eigenvalue weighted by Gasteiger charge is 2.22. The molecule has 0 N–H and O–H groups in total. The van der Waals surface area contributed by atoms with E-state index in [9.17, 15) is 0 Å². The highest BCUT2D eigenvalue weighted by atomic mass is 35.5. The fraction of sp³-hybridized carbons (Fsp3) is 0.400. The van der Waals surface area contributed by atoms with Gasteiger partial charge in [0.2, 0.25) is 0 Å². The molecule has 0 aromatic carbocycles. The summed E-state index contributed by atoms with van der Waals surface area (Å²) in [6.07, 6.45) is 2.66. The molecule has 1 unspecified atom stereocenters. The number of halogens is 1. The second-order valence-electron chi connectivity index (χ2n) is 5.06. The Hall–Kier alpha value is -1.88. The van der Waals surface area contributed by atoms with E-state index in [1.807, 2.05) is 29.9 Å². The van der Waals surface area contributed by atoms with E-state index >= 15 is 0 Å². The molecule has 3 rings (SSSR count). The van der Waals surface area contributed by atoms with Gasteiger partial charge < -0.3 is 4.57 Å². The van der Waals surface area contributed by atoms with Crippen LogP contribution in [0.3, 0.4) is 0 Å². The minimum Gasteiger partial charge on any atom is -0.303 e. The van der Waals surface area contributed by atoms with Crippen LogP contribution in [0.25, 0.3) is 11.2 Å². The number of imidazole rings is 1. The third kappa shape index (κ3) is 2.21. The number of pyridine rings is 1. The van der Waals surface area contributed by atoms with E-state index in [0.29, 0.717) is 5.88 Å². The van der Waals surface area contributed by atoms with Crippen LogP contribution in [-0.4, -0.2) is 24.3 Å². The van der Waals surface area contributed by atoms with Crippen LogP contribution in [0.15, 0.2) is 24.4 Å². The number of aromatic nitrogens is 5. The first-order chi connectivity index (χ1) is 10.2. The Bertz CT molecular complexity index is 759. The zero-order chi connectivity index (χ0) is 15.0. The molecule has 0 amide bonds. The van der Waals surface area contributed by atoms with E-state index in [0.717, 1.165) is 34.8 Å². The summed E-state index contributed by atoms with van der Waals surface area (Å²) in [7, 11) is 1.95. The second-order valence-corrected chi connectivity index (χ2v) is 5.33. The Morgan fingerprint density at radius 3 is 2.76 bits per heavy atom. The average molecular weight is 304 g/mol. The van der Waals surface area contributed by atoms with Gasteiger partial charge in [-0.25, -0.2) is 4.98 Å². The minimum absolute atomic E-state index is 0.0602. The van der Waals surface area contributed by atoms with Crippen molar-refractivity contribution in [2.45, 2.75) is 32.2 Å². The van der Waals surface area contributed by atoms with E-state index in [2.05, 4.69) is 33.5 Å². The molecule has 0 saturated heterocycles. The Morgan fingerprint density at radius 2 is 2.14 bits per heavy atom. The molecule has 3 aromatic heterocycles. The van der Waals surface area contributed by atoms with Crippen LogP contribution < -0.4 is 0 Å². The van der Waals surface area contributed by atoms with Crippen LogP contribution in [0.5, 0.6) is 0 Å². The van der Waals surface area contributed by atoms with Crippen LogP contribution in [0.4, 0.5) is 0 Å². The number of nitrogens with zero attached hydrogens (tertiary/aromatic N) is 5. The molecule has 0 bridgehead atoms. The number of hydrogen-bond acceptors (Lipinski definition) is 3. The van der Waals surface area contributed by atoms with Gasteiger partial charge in [-0.1, -0.05) is 13.0 Å². The summed E-state index contributed by atoms with van der Waals surface area (Å²) in [6, 6.07) is 5.99. The van der Waals surface area contributed by atoms with Crippen molar-refractivity contribution in [3.05, 3.63) is 41.6 Å². The lowest BCUT2D eigenvalue weighted by Gasteiger charge is -2.16. The Kier molecular flexibility index (Phi) is 3.68. The predicted octanol–water partition coefficient (Wildman–Crippen LogP) is 3.08. The summed E-state index contributed by atoms with van der Waals surface area (Å²) in [4.78, 5) is 9.14. The summed E-state index contributed by atoms with van der Waals surface area (Å²) in [5.74, 6) is 1.22. The van der Waals surface area contributed by atoms with Gasteiger partial charge in [0, 0.05) is 13.2 Å². The van der Waals surface area contributed by atoms with Crippen molar-refractivity contribution in [3.63, 3.8) is 0 Å². The van der Waals surface area contributed by atoms with Crippen molar-refractivity contribution < 1.29 is 0 Å². The van der Waals surface area contributed by atoms with Crippen LogP contribution in [0.1, 0.15) is 37.1 Å². The third-order valence-electron chi connectivity index (χ3n) is 3.77. The van der Waals surface area contributed by atoms with E-state index in [1.54, 1.807) is 6.20 Å². The van der Waals surface area contributed by atoms with Crippen molar-refractivity contribution in [1.82, 2.24) is 24.3 Å². The molecule has 21 heavy (non-hydrogen) atoms. The van der Waals surface area contributed by atoms with Gasteiger partial charge >= 0.3 is 0 Å². The predicted molar refractivity (Wildman–Crippen MR) is 83.5 cm³/mol. The topological polar surface area (TPSA) is 48.5 Å². The number of fused-ring (bicyclic) bond motifs is 1. The SMILES string of the molecule is CCc1nn(C)c2c1nc(CCl)n2C(C)c1ccccn1. The average Bonchev–Trinajstić information content (AvgIpc) is 3.05. The van der Waals surface area contributed by atoms with Gasteiger partial charge in [0.1, 0.15) is 11.3 Å². The Morgan fingerprint density at radius 1 is 1.33 bits per heavy atom. The maximum Gasteiger partial charge on any atom is 0.159 e. The highest BCUT2D eigenvalue weighted by Crippen LogP contribution is 2.27. The van der Waals surface area contributed by atoms with E-state index in [-0.39, 0.29) is 6.04 Å². The largest absolute Gasteiger partial charge is 0.303 e.